The molecule has 0 N–H and O–H groups in total. The summed E-state index contributed by atoms with van der Waals surface area (Å²) in [6, 6.07) is 3.58. The van der Waals surface area contributed by atoms with Gasteiger partial charge in [-0.25, -0.2) is 0 Å². The zero-order valence-electron chi connectivity index (χ0n) is 8.39. The van der Waals surface area contributed by atoms with E-state index in [1.165, 1.54) is 0 Å². The third-order valence-electron chi connectivity index (χ3n) is 2.03. The maximum Gasteiger partial charge on any atom is 0.208 e. The van der Waals surface area contributed by atoms with Gasteiger partial charge in [-0.2, -0.15) is 0 Å². The van der Waals surface area contributed by atoms with Gasteiger partial charge in [0.1, 0.15) is 4.88 Å². The van der Waals surface area contributed by atoms with Crippen molar-refractivity contribution < 1.29 is 4.79 Å². The minimum Gasteiger partial charge on any atom is -0.287 e. The van der Waals surface area contributed by atoms with Gasteiger partial charge >= 0.3 is 0 Å². The molecule has 2 heterocycles. The molecule has 0 atom stereocenters. The second kappa shape index (κ2) is 3.86. The van der Waals surface area contributed by atoms with Crippen LogP contribution < -0.4 is 0 Å². The maximum absolute atomic E-state index is 11.9. The van der Waals surface area contributed by atoms with Crippen LogP contribution >= 0.6 is 11.5 Å². The number of carbonyl (C=O) groups excluding carboxylic acids is 1. The standard InChI is InChI=1S/C10H9N3OS/c1-6-3-4-8(5-11-6)9(14)10-7(2)12-13-15-10/h3-5H,1-2H3. The maximum atomic E-state index is 11.9. The summed E-state index contributed by atoms with van der Waals surface area (Å²) in [5, 5.41) is 3.81. The Balaban J connectivity index is 2.37. The minimum atomic E-state index is -0.0602. The minimum absolute atomic E-state index is 0.0602. The fourth-order valence-corrected chi connectivity index (χ4v) is 1.79. The first-order valence-electron chi connectivity index (χ1n) is 4.45. The van der Waals surface area contributed by atoms with Crippen LogP contribution in [0.5, 0.6) is 0 Å². The normalized spacial score (nSPS) is 10.3. The molecule has 0 bridgehead atoms. The number of hydrogen-bond acceptors (Lipinski definition) is 5. The van der Waals surface area contributed by atoms with Crippen LogP contribution in [0.25, 0.3) is 0 Å². The van der Waals surface area contributed by atoms with Crippen molar-refractivity contribution in [2.45, 2.75) is 13.8 Å². The zero-order chi connectivity index (χ0) is 10.8. The highest BCUT2D eigenvalue weighted by molar-refractivity contribution is 7.08. The molecule has 0 spiro atoms. The van der Waals surface area contributed by atoms with Gasteiger partial charge in [-0.15, -0.1) is 5.10 Å². The third-order valence-corrected chi connectivity index (χ3v) is 2.86. The predicted molar refractivity (Wildman–Crippen MR) is 57.1 cm³/mol. The van der Waals surface area contributed by atoms with Crippen LogP contribution in [0.2, 0.25) is 0 Å². The van der Waals surface area contributed by atoms with Crippen molar-refractivity contribution in [3.8, 4) is 0 Å². The molecule has 0 unspecified atom stereocenters. The fourth-order valence-electron chi connectivity index (χ4n) is 1.17. The first-order chi connectivity index (χ1) is 7.18. The molecule has 0 amide bonds. The van der Waals surface area contributed by atoms with Crippen molar-refractivity contribution >= 4 is 17.3 Å². The Morgan fingerprint density at radius 3 is 2.67 bits per heavy atom. The van der Waals surface area contributed by atoms with Crippen molar-refractivity contribution in [2.75, 3.05) is 0 Å². The molecule has 0 aliphatic heterocycles. The summed E-state index contributed by atoms with van der Waals surface area (Å²) in [5.41, 5.74) is 2.14. The second-order valence-corrected chi connectivity index (χ2v) is 3.96. The number of rotatable bonds is 2. The Hall–Kier alpha value is -1.62. The Labute approximate surface area is 91.2 Å². The van der Waals surface area contributed by atoms with E-state index in [1.807, 2.05) is 13.0 Å². The average molecular weight is 219 g/mol. The highest BCUT2D eigenvalue weighted by atomic mass is 32.1. The average Bonchev–Trinajstić information content (AvgIpc) is 2.65. The van der Waals surface area contributed by atoms with Crippen molar-refractivity contribution in [3.63, 3.8) is 0 Å². The number of ketones is 1. The monoisotopic (exact) mass is 219 g/mol. The van der Waals surface area contributed by atoms with Crippen molar-refractivity contribution in [3.05, 3.63) is 40.2 Å². The lowest BCUT2D eigenvalue weighted by Gasteiger charge is -1.97. The number of pyridine rings is 1. The van der Waals surface area contributed by atoms with E-state index < -0.39 is 0 Å². The molecular formula is C10H9N3OS. The van der Waals surface area contributed by atoms with Crippen LogP contribution in [-0.4, -0.2) is 20.4 Å². The third kappa shape index (κ3) is 1.92. The highest BCUT2D eigenvalue weighted by Gasteiger charge is 2.15. The van der Waals surface area contributed by atoms with Gasteiger partial charge in [0.25, 0.3) is 0 Å². The summed E-state index contributed by atoms with van der Waals surface area (Å²) in [5.74, 6) is -0.0602. The van der Waals surface area contributed by atoms with Crippen LogP contribution in [-0.2, 0) is 0 Å². The lowest BCUT2D eigenvalue weighted by atomic mass is 10.1. The van der Waals surface area contributed by atoms with Crippen molar-refractivity contribution in [2.24, 2.45) is 0 Å². The summed E-state index contributed by atoms with van der Waals surface area (Å²) >= 11 is 1.12. The summed E-state index contributed by atoms with van der Waals surface area (Å²) in [4.78, 5) is 16.6. The van der Waals surface area contributed by atoms with E-state index in [2.05, 4.69) is 14.6 Å². The quantitative estimate of drug-likeness (QED) is 0.722. The van der Waals surface area contributed by atoms with Crippen LogP contribution in [0.1, 0.15) is 26.6 Å². The smallest absolute Gasteiger partial charge is 0.208 e. The van der Waals surface area contributed by atoms with Crippen LogP contribution in [0.3, 0.4) is 0 Å². The van der Waals surface area contributed by atoms with E-state index in [-0.39, 0.29) is 5.78 Å². The second-order valence-electron chi connectivity index (χ2n) is 3.20. The first-order valence-corrected chi connectivity index (χ1v) is 5.22. The van der Waals surface area contributed by atoms with Crippen molar-refractivity contribution in [1.82, 2.24) is 14.6 Å². The summed E-state index contributed by atoms with van der Waals surface area (Å²) in [6.45, 7) is 3.66. The summed E-state index contributed by atoms with van der Waals surface area (Å²) < 4.78 is 3.74. The topological polar surface area (TPSA) is 55.7 Å². The molecule has 0 aliphatic carbocycles. The first kappa shape index (κ1) is 9.92. The van der Waals surface area contributed by atoms with Gasteiger partial charge in [0.15, 0.2) is 0 Å². The molecule has 0 radical (unpaired) electrons. The molecule has 0 aliphatic rings. The van der Waals surface area contributed by atoms with Gasteiger partial charge < -0.3 is 0 Å². The highest BCUT2D eigenvalue weighted by Crippen LogP contribution is 2.15. The van der Waals surface area contributed by atoms with E-state index in [9.17, 15) is 4.79 Å². The molecule has 4 nitrogen and oxygen atoms in total. The van der Waals surface area contributed by atoms with Gasteiger partial charge in [0.2, 0.25) is 5.78 Å². The molecule has 0 saturated carbocycles. The number of nitrogens with zero attached hydrogens (tertiary/aromatic N) is 3. The molecule has 0 aromatic carbocycles. The number of aromatic nitrogens is 3. The van der Waals surface area contributed by atoms with Crippen LogP contribution in [0, 0.1) is 13.8 Å². The molecular weight excluding hydrogens is 210 g/mol. The van der Waals surface area contributed by atoms with Crippen LogP contribution in [0.4, 0.5) is 0 Å². The molecule has 2 rings (SSSR count). The van der Waals surface area contributed by atoms with Crippen molar-refractivity contribution in [1.29, 1.82) is 0 Å². The number of aryl methyl sites for hydroxylation is 2. The van der Waals surface area contributed by atoms with Gasteiger partial charge in [-0.1, -0.05) is 4.49 Å². The Kier molecular flexibility index (Phi) is 2.55. The van der Waals surface area contributed by atoms with E-state index >= 15 is 0 Å². The summed E-state index contributed by atoms with van der Waals surface area (Å²) in [7, 11) is 0. The Bertz CT molecular complexity index is 490. The van der Waals surface area contributed by atoms with Gasteiger partial charge in [-0.3, -0.25) is 9.78 Å². The lowest BCUT2D eigenvalue weighted by Crippen LogP contribution is -2.01. The SMILES string of the molecule is Cc1ccc(C(=O)c2snnc2C)cn1. The van der Waals surface area contributed by atoms with Gasteiger partial charge in [-0.05, 0) is 37.5 Å². The molecule has 76 valence electrons. The van der Waals surface area contributed by atoms with E-state index in [0.29, 0.717) is 16.1 Å². The number of hydrogen-bond donors (Lipinski definition) is 0. The van der Waals surface area contributed by atoms with Gasteiger partial charge in [0, 0.05) is 17.5 Å². The molecule has 15 heavy (non-hydrogen) atoms. The Morgan fingerprint density at radius 2 is 2.13 bits per heavy atom. The van der Waals surface area contributed by atoms with E-state index in [1.54, 1.807) is 19.2 Å². The lowest BCUT2D eigenvalue weighted by molar-refractivity contribution is 0.104. The number of carbonyl (C=O) groups is 1. The van der Waals surface area contributed by atoms with E-state index in [0.717, 1.165) is 17.2 Å². The van der Waals surface area contributed by atoms with Crippen LogP contribution in [0.15, 0.2) is 18.3 Å². The molecule has 0 fully saturated rings. The predicted octanol–water partition coefficient (Wildman–Crippen LogP) is 1.78. The Morgan fingerprint density at radius 1 is 1.33 bits per heavy atom. The summed E-state index contributed by atoms with van der Waals surface area (Å²) in [6.07, 6.45) is 1.58. The largest absolute Gasteiger partial charge is 0.287 e. The van der Waals surface area contributed by atoms with Gasteiger partial charge in [0.05, 0.1) is 5.69 Å². The fraction of sp³-hybridized carbons (Fsp3) is 0.200. The molecule has 2 aromatic heterocycles. The zero-order valence-corrected chi connectivity index (χ0v) is 9.21. The molecule has 2 aromatic rings. The molecule has 5 heteroatoms. The molecule has 0 saturated heterocycles. The van der Waals surface area contributed by atoms with E-state index in [4.69, 9.17) is 0 Å².